The molecule has 0 spiro atoms. The van der Waals surface area contributed by atoms with Gasteiger partial charge in [-0.3, -0.25) is 9.59 Å². The number of methoxy groups -OCH3 is 2. The molecule has 298 valence electrons. The summed E-state index contributed by atoms with van der Waals surface area (Å²) in [5.41, 5.74) is 7.39. The van der Waals surface area contributed by atoms with Crippen molar-refractivity contribution in [2.75, 3.05) is 33.2 Å². The molecular formula is C41H53ClN4O9. The van der Waals surface area contributed by atoms with Crippen molar-refractivity contribution in [2.45, 2.75) is 89.1 Å². The minimum atomic E-state index is -1.17. The smallest absolute Gasteiger partial charge is 0.407 e. The Bertz CT molecular complexity index is 1800. The molecule has 14 heteroatoms. The van der Waals surface area contributed by atoms with Crippen molar-refractivity contribution in [3.05, 3.63) is 95.3 Å². The number of halogens is 1. The summed E-state index contributed by atoms with van der Waals surface area (Å²) in [6.45, 7) is 14.4. The molecule has 2 fully saturated rings. The first-order chi connectivity index (χ1) is 26.0. The van der Waals surface area contributed by atoms with Gasteiger partial charge in [0.1, 0.15) is 34.6 Å². The van der Waals surface area contributed by atoms with Crippen molar-refractivity contribution in [1.29, 1.82) is 0 Å². The zero-order valence-corrected chi connectivity index (χ0v) is 33.6. The average molecular weight is 781 g/mol. The first kappa shape index (κ1) is 42.9. The van der Waals surface area contributed by atoms with Crippen LogP contribution in [0.4, 0.5) is 10.5 Å². The van der Waals surface area contributed by atoms with Gasteiger partial charge in [0.05, 0.1) is 37.5 Å². The molecule has 3 aliphatic heterocycles. The highest BCUT2D eigenvalue weighted by atomic mass is 35.5. The molecule has 1 aromatic carbocycles. The highest BCUT2D eigenvalue weighted by Gasteiger charge is 2.64. The van der Waals surface area contributed by atoms with E-state index >= 15 is 0 Å². The highest BCUT2D eigenvalue weighted by Crippen LogP contribution is 2.49. The van der Waals surface area contributed by atoms with Gasteiger partial charge in [0.2, 0.25) is 5.91 Å². The summed E-state index contributed by atoms with van der Waals surface area (Å²) in [6.07, 6.45) is 8.74. The quantitative estimate of drug-likeness (QED) is 0.145. The first-order valence-electron chi connectivity index (χ1n) is 18.0. The maximum absolute atomic E-state index is 14.2. The minimum absolute atomic E-state index is 0.184. The van der Waals surface area contributed by atoms with Crippen LogP contribution in [0, 0.1) is 5.92 Å². The molecule has 55 heavy (non-hydrogen) atoms. The summed E-state index contributed by atoms with van der Waals surface area (Å²) in [7, 11) is 6.12. The van der Waals surface area contributed by atoms with Gasteiger partial charge in [-0.1, -0.05) is 61.6 Å². The van der Waals surface area contributed by atoms with Crippen molar-refractivity contribution in [3.63, 3.8) is 0 Å². The van der Waals surface area contributed by atoms with Crippen LogP contribution >= 0.6 is 11.6 Å². The fourth-order valence-corrected chi connectivity index (χ4v) is 7.12. The monoisotopic (exact) mass is 780 g/mol. The average Bonchev–Trinajstić information content (AvgIpc) is 3.86. The van der Waals surface area contributed by atoms with E-state index in [1.807, 2.05) is 44.2 Å². The summed E-state index contributed by atoms with van der Waals surface area (Å²) < 4.78 is 29.6. The van der Waals surface area contributed by atoms with Gasteiger partial charge in [-0.05, 0) is 63.1 Å². The molecule has 8 atom stereocenters. The standard InChI is InChI=1S/C41H53ClN4O9/c1-11-27(16-17-28(43)12-2)38(48)45(7)25(5)39(49)54-34-22-35(47)46(8)30-19-26(20-33(52-10)36(30)42)18-23(3)14-13-15-31(51-9)29-21-32(53-40(50)44-29)24(4)37-41(34,6)55-37/h11-17,19-20,24-25,29,31-32,34,37H,1-2,18,21-22,43H2,3-10H3,(H,44,50)/b15-13+,23-14+,27-16+,28-17+/t24-,25+,29?,31-,32+,34+,37+,41+/m1/s1. The lowest BCUT2D eigenvalue weighted by Crippen LogP contribution is -2.53. The number of alkyl carbamates (subject to hydrolysis) is 1. The van der Waals surface area contributed by atoms with Crippen LogP contribution in [0.2, 0.25) is 5.02 Å². The number of carbonyl (C=O) groups is 4. The molecule has 3 amide bonds. The minimum Gasteiger partial charge on any atom is -0.495 e. The number of carbonyl (C=O) groups excluding carboxylic acids is 4. The van der Waals surface area contributed by atoms with Gasteiger partial charge in [-0.2, -0.15) is 0 Å². The predicted molar refractivity (Wildman–Crippen MR) is 211 cm³/mol. The lowest BCUT2D eigenvalue weighted by atomic mass is 9.84. The molecular weight excluding hydrogens is 728 g/mol. The normalized spacial score (nSPS) is 29.6. The van der Waals surface area contributed by atoms with E-state index in [0.717, 1.165) is 11.1 Å². The summed E-state index contributed by atoms with van der Waals surface area (Å²) in [4.78, 5) is 56.9. The molecule has 1 aromatic rings. The second-order valence-electron chi connectivity index (χ2n) is 14.3. The summed E-state index contributed by atoms with van der Waals surface area (Å²) >= 11 is 6.78. The number of fused-ring (bicyclic) bond motifs is 5. The van der Waals surface area contributed by atoms with Gasteiger partial charge in [0.15, 0.2) is 0 Å². The Morgan fingerprint density at radius 2 is 1.91 bits per heavy atom. The van der Waals surface area contributed by atoms with Gasteiger partial charge in [-0.25, -0.2) is 9.59 Å². The number of nitrogens with two attached hydrogens (primary N) is 1. The second kappa shape index (κ2) is 18.2. The van der Waals surface area contributed by atoms with Crippen LogP contribution in [0.5, 0.6) is 5.75 Å². The largest absolute Gasteiger partial charge is 0.495 e. The van der Waals surface area contributed by atoms with Gasteiger partial charge >= 0.3 is 12.1 Å². The number of hydrogen-bond acceptors (Lipinski definition) is 10. The third-order valence-corrected chi connectivity index (χ3v) is 10.9. The number of rotatable bonds is 9. The molecule has 0 aliphatic carbocycles. The van der Waals surface area contributed by atoms with Crippen LogP contribution in [0.25, 0.3) is 0 Å². The number of benzene rings is 1. The van der Waals surface area contributed by atoms with Crippen molar-refractivity contribution >= 4 is 41.2 Å². The highest BCUT2D eigenvalue weighted by molar-refractivity contribution is 6.35. The number of epoxide rings is 1. The number of likely N-dealkylation sites (N-methyl/N-ethyl adjacent to an activating group) is 1. The number of nitrogens with zero attached hydrogens (tertiary/aromatic N) is 2. The van der Waals surface area contributed by atoms with Gasteiger partial charge in [0.25, 0.3) is 5.91 Å². The molecule has 0 radical (unpaired) electrons. The van der Waals surface area contributed by atoms with E-state index in [0.29, 0.717) is 30.0 Å². The number of hydrogen-bond donors (Lipinski definition) is 2. The molecule has 2 saturated heterocycles. The number of amides is 3. The topological polar surface area (TPSA) is 162 Å². The van der Waals surface area contributed by atoms with E-state index < -0.39 is 66.0 Å². The molecule has 1 unspecified atom stereocenters. The molecule has 4 bridgehead atoms. The lowest BCUT2D eigenvalue weighted by molar-refractivity contribution is -0.161. The van der Waals surface area contributed by atoms with Gasteiger partial charge in [-0.15, -0.1) is 0 Å². The first-order valence-corrected chi connectivity index (χ1v) is 18.4. The van der Waals surface area contributed by atoms with E-state index in [1.165, 1.54) is 55.2 Å². The number of esters is 1. The fraction of sp³-hybridized carbons (Fsp3) is 0.463. The van der Waals surface area contributed by atoms with Crippen molar-refractivity contribution in [2.24, 2.45) is 11.7 Å². The van der Waals surface area contributed by atoms with Crippen LogP contribution < -0.4 is 20.7 Å². The number of ether oxygens (including phenoxy) is 5. The van der Waals surface area contributed by atoms with Gasteiger partial charge < -0.3 is 44.5 Å². The zero-order chi connectivity index (χ0) is 40.8. The van der Waals surface area contributed by atoms with E-state index in [2.05, 4.69) is 18.5 Å². The van der Waals surface area contributed by atoms with Crippen LogP contribution in [0.3, 0.4) is 0 Å². The molecule has 0 saturated carbocycles. The van der Waals surface area contributed by atoms with E-state index in [9.17, 15) is 19.2 Å². The van der Waals surface area contributed by atoms with Crippen molar-refractivity contribution in [3.8, 4) is 5.75 Å². The molecule has 3 N–H and O–H groups in total. The van der Waals surface area contributed by atoms with Gasteiger partial charge in [0, 0.05) is 44.8 Å². The number of nitrogens with one attached hydrogen (secondary N) is 1. The molecule has 3 heterocycles. The summed E-state index contributed by atoms with van der Waals surface area (Å²) in [6, 6.07) is 2.14. The molecule has 13 nitrogen and oxygen atoms in total. The maximum atomic E-state index is 14.2. The van der Waals surface area contributed by atoms with Crippen LogP contribution in [-0.4, -0.2) is 99.2 Å². The van der Waals surface area contributed by atoms with E-state index in [1.54, 1.807) is 21.1 Å². The number of anilines is 1. The van der Waals surface area contributed by atoms with Crippen LogP contribution in [-0.2, 0) is 39.8 Å². The summed E-state index contributed by atoms with van der Waals surface area (Å²) in [5.74, 6) is -1.70. The fourth-order valence-electron chi connectivity index (χ4n) is 6.81. The maximum Gasteiger partial charge on any atom is 0.407 e. The predicted octanol–water partition coefficient (Wildman–Crippen LogP) is 5.34. The van der Waals surface area contributed by atoms with Crippen molar-refractivity contribution < 1.29 is 42.9 Å². The third kappa shape index (κ3) is 9.88. The Morgan fingerprint density at radius 3 is 2.55 bits per heavy atom. The van der Waals surface area contributed by atoms with E-state index in [-0.39, 0.29) is 22.9 Å². The van der Waals surface area contributed by atoms with Crippen LogP contribution in [0.1, 0.15) is 46.1 Å². The Balaban J connectivity index is 1.73. The van der Waals surface area contributed by atoms with E-state index in [4.69, 9.17) is 41.0 Å². The lowest BCUT2D eigenvalue weighted by Gasteiger charge is -2.36. The van der Waals surface area contributed by atoms with Crippen LogP contribution in [0.15, 0.2) is 84.7 Å². The molecule has 4 rings (SSSR count). The Morgan fingerprint density at radius 1 is 1.20 bits per heavy atom. The molecule has 3 aliphatic rings. The summed E-state index contributed by atoms with van der Waals surface area (Å²) in [5, 5.41) is 3.11. The number of allylic oxidation sites excluding steroid dienone is 6. The second-order valence-corrected chi connectivity index (χ2v) is 14.7. The zero-order valence-electron chi connectivity index (χ0n) is 32.8. The van der Waals surface area contributed by atoms with Crippen molar-refractivity contribution in [1.82, 2.24) is 10.2 Å². The Hall–Kier alpha value is -4.85. The SMILES string of the molecule is C=C/C(N)=C\C=C(/C=C)C(=O)N(C)[C@@H](C)C(=O)O[C@H]1CC(=O)N(C)c2cc(cc(OC)c2Cl)C/C(C)=C/C=C/[C@@H](OC)C2C[C@H](OC(=O)N2)[C@@H](C)[C@@H]2O[C@@]12C. The third-order valence-electron chi connectivity index (χ3n) is 10.5. The Kier molecular flexibility index (Phi) is 14.2. The Labute approximate surface area is 328 Å². The molecule has 0 aromatic heterocycles.